The molecule has 0 radical (unpaired) electrons. The van der Waals surface area contributed by atoms with Gasteiger partial charge in [-0.3, -0.25) is 0 Å². The molecule has 0 heterocycles. The van der Waals surface area contributed by atoms with Crippen molar-refractivity contribution in [3.8, 4) is 0 Å². The number of nitrogens with two attached hydrogens (primary N) is 1. The summed E-state index contributed by atoms with van der Waals surface area (Å²) in [7, 11) is 4.17. The second-order valence-corrected chi connectivity index (χ2v) is 4.44. The van der Waals surface area contributed by atoms with E-state index in [-0.39, 0.29) is 0 Å². The highest BCUT2D eigenvalue weighted by Gasteiger charge is 2.11. The molecule has 0 amide bonds. The summed E-state index contributed by atoms with van der Waals surface area (Å²) in [5, 5.41) is 0. The van der Waals surface area contributed by atoms with Crippen molar-refractivity contribution >= 4 is 5.69 Å². The summed E-state index contributed by atoms with van der Waals surface area (Å²) < 4.78 is 0. The average Bonchev–Trinajstić information content (AvgIpc) is 2.17. The molecule has 84 valence electrons. The Labute approximate surface area is 93.1 Å². The topological polar surface area (TPSA) is 29.3 Å². The van der Waals surface area contributed by atoms with Crippen molar-refractivity contribution < 1.29 is 0 Å². The molecule has 15 heavy (non-hydrogen) atoms. The van der Waals surface area contributed by atoms with E-state index in [2.05, 4.69) is 51.0 Å². The number of rotatable bonds is 4. The van der Waals surface area contributed by atoms with Gasteiger partial charge in [-0.2, -0.15) is 0 Å². The predicted octanol–water partition coefficient (Wildman–Crippen LogP) is 2.51. The van der Waals surface area contributed by atoms with Crippen molar-refractivity contribution in [1.82, 2.24) is 0 Å². The van der Waals surface area contributed by atoms with Crippen LogP contribution in [0.15, 0.2) is 18.2 Å². The summed E-state index contributed by atoms with van der Waals surface area (Å²) in [5.41, 5.74) is 9.65. The molecule has 0 aliphatic rings. The predicted molar refractivity (Wildman–Crippen MR) is 67.6 cm³/mol. The summed E-state index contributed by atoms with van der Waals surface area (Å²) >= 11 is 0. The summed E-state index contributed by atoms with van der Waals surface area (Å²) in [6.45, 7) is 5.13. The Balaban J connectivity index is 3.06. The number of benzene rings is 1. The zero-order chi connectivity index (χ0) is 11.4. The second-order valence-electron chi connectivity index (χ2n) is 4.44. The zero-order valence-corrected chi connectivity index (χ0v) is 10.2. The summed E-state index contributed by atoms with van der Waals surface area (Å²) in [5.74, 6) is 0.535. The molecule has 1 aromatic carbocycles. The average molecular weight is 206 g/mol. The first-order valence-corrected chi connectivity index (χ1v) is 5.54. The van der Waals surface area contributed by atoms with E-state index in [0.717, 1.165) is 13.0 Å². The summed E-state index contributed by atoms with van der Waals surface area (Å²) in [4.78, 5) is 2.17. The quantitative estimate of drug-likeness (QED) is 0.820. The van der Waals surface area contributed by atoms with Gasteiger partial charge < -0.3 is 10.6 Å². The van der Waals surface area contributed by atoms with Crippen LogP contribution >= 0.6 is 0 Å². The monoisotopic (exact) mass is 206 g/mol. The van der Waals surface area contributed by atoms with Crippen LogP contribution in [-0.2, 0) is 0 Å². The maximum atomic E-state index is 5.62. The molecule has 1 rings (SSSR count). The van der Waals surface area contributed by atoms with Crippen LogP contribution < -0.4 is 10.6 Å². The van der Waals surface area contributed by atoms with Crippen LogP contribution in [0.3, 0.4) is 0 Å². The maximum absolute atomic E-state index is 5.62. The van der Waals surface area contributed by atoms with Crippen molar-refractivity contribution in [2.45, 2.75) is 26.2 Å². The van der Waals surface area contributed by atoms with E-state index in [0.29, 0.717) is 5.92 Å². The Hall–Kier alpha value is -1.02. The first kappa shape index (κ1) is 12.1. The minimum atomic E-state index is 0.535. The molecule has 0 fully saturated rings. The van der Waals surface area contributed by atoms with E-state index < -0.39 is 0 Å². The molecule has 1 atom stereocenters. The molecule has 2 nitrogen and oxygen atoms in total. The molecule has 0 spiro atoms. The SMILES string of the molecule is Cc1ccc(N(C)C)c(C(C)CCN)c1. The number of hydrogen-bond acceptors (Lipinski definition) is 2. The first-order valence-electron chi connectivity index (χ1n) is 5.54. The smallest absolute Gasteiger partial charge is 0.0396 e. The van der Waals surface area contributed by atoms with Crippen LogP contribution in [0.1, 0.15) is 30.4 Å². The van der Waals surface area contributed by atoms with Crippen LogP contribution in [0.25, 0.3) is 0 Å². The molecule has 0 aliphatic heterocycles. The molecule has 2 N–H and O–H groups in total. The summed E-state index contributed by atoms with van der Waals surface area (Å²) in [6, 6.07) is 6.63. The molecule has 0 bridgehead atoms. The van der Waals surface area contributed by atoms with E-state index >= 15 is 0 Å². The third kappa shape index (κ3) is 2.96. The fraction of sp³-hybridized carbons (Fsp3) is 0.538. The van der Waals surface area contributed by atoms with Crippen molar-refractivity contribution in [2.24, 2.45) is 5.73 Å². The molecule has 0 saturated carbocycles. The van der Waals surface area contributed by atoms with Gasteiger partial charge >= 0.3 is 0 Å². The van der Waals surface area contributed by atoms with Crippen molar-refractivity contribution in [1.29, 1.82) is 0 Å². The van der Waals surface area contributed by atoms with E-state index in [4.69, 9.17) is 5.73 Å². The van der Waals surface area contributed by atoms with E-state index in [9.17, 15) is 0 Å². The fourth-order valence-electron chi connectivity index (χ4n) is 1.88. The van der Waals surface area contributed by atoms with Gasteiger partial charge in [0.2, 0.25) is 0 Å². The highest BCUT2D eigenvalue weighted by Crippen LogP contribution is 2.29. The number of hydrogen-bond donors (Lipinski definition) is 1. The third-order valence-electron chi connectivity index (χ3n) is 2.80. The number of nitrogens with zero attached hydrogens (tertiary/aromatic N) is 1. The normalized spacial score (nSPS) is 12.6. The van der Waals surface area contributed by atoms with Gasteiger partial charge in [0.1, 0.15) is 0 Å². The van der Waals surface area contributed by atoms with Gasteiger partial charge in [0.05, 0.1) is 0 Å². The van der Waals surface area contributed by atoms with Gasteiger partial charge in [0.15, 0.2) is 0 Å². The Morgan fingerprint density at radius 1 is 1.33 bits per heavy atom. The Bertz CT molecular complexity index is 318. The largest absolute Gasteiger partial charge is 0.377 e. The van der Waals surface area contributed by atoms with Crippen molar-refractivity contribution in [2.75, 3.05) is 25.5 Å². The third-order valence-corrected chi connectivity index (χ3v) is 2.80. The van der Waals surface area contributed by atoms with Gasteiger partial charge in [0, 0.05) is 19.8 Å². The van der Waals surface area contributed by atoms with Gasteiger partial charge in [-0.15, -0.1) is 0 Å². The fourth-order valence-corrected chi connectivity index (χ4v) is 1.88. The van der Waals surface area contributed by atoms with E-state index in [1.165, 1.54) is 16.8 Å². The highest BCUT2D eigenvalue weighted by atomic mass is 15.1. The molecule has 0 aromatic heterocycles. The van der Waals surface area contributed by atoms with Crippen LogP contribution in [0.4, 0.5) is 5.69 Å². The molecule has 0 saturated heterocycles. The second kappa shape index (κ2) is 5.17. The minimum Gasteiger partial charge on any atom is -0.377 e. The van der Waals surface area contributed by atoms with E-state index in [1.54, 1.807) is 0 Å². The minimum absolute atomic E-state index is 0.535. The molecule has 1 aromatic rings. The lowest BCUT2D eigenvalue weighted by molar-refractivity contribution is 0.688. The lowest BCUT2D eigenvalue weighted by atomic mass is 9.94. The lowest BCUT2D eigenvalue weighted by Crippen LogP contribution is -2.14. The van der Waals surface area contributed by atoms with Crippen LogP contribution in [0.5, 0.6) is 0 Å². The Morgan fingerprint density at radius 3 is 2.53 bits per heavy atom. The van der Waals surface area contributed by atoms with Gasteiger partial charge in [-0.05, 0) is 37.4 Å². The Morgan fingerprint density at radius 2 is 2.00 bits per heavy atom. The van der Waals surface area contributed by atoms with Crippen molar-refractivity contribution in [3.63, 3.8) is 0 Å². The molecular formula is C13H22N2. The molecule has 0 aliphatic carbocycles. The zero-order valence-electron chi connectivity index (χ0n) is 10.2. The lowest BCUT2D eigenvalue weighted by Gasteiger charge is -2.22. The van der Waals surface area contributed by atoms with Crippen LogP contribution in [0.2, 0.25) is 0 Å². The first-order chi connectivity index (χ1) is 7.06. The van der Waals surface area contributed by atoms with Crippen molar-refractivity contribution in [3.05, 3.63) is 29.3 Å². The van der Waals surface area contributed by atoms with E-state index in [1.807, 2.05) is 0 Å². The van der Waals surface area contributed by atoms with Crippen LogP contribution in [0, 0.1) is 6.92 Å². The molecule has 1 unspecified atom stereocenters. The van der Waals surface area contributed by atoms with Gasteiger partial charge in [-0.25, -0.2) is 0 Å². The molecule has 2 heteroatoms. The standard InChI is InChI=1S/C13H22N2/c1-10-5-6-13(15(3)4)12(9-10)11(2)7-8-14/h5-6,9,11H,7-8,14H2,1-4H3. The summed E-state index contributed by atoms with van der Waals surface area (Å²) in [6.07, 6.45) is 1.05. The van der Waals surface area contributed by atoms with Crippen LogP contribution in [-0.4, -0.2) is 20.6 Å². The van der Waals surface area contributed by atoms with Gasteiger partial charge in [-0.1, -0.05) is 24.6 Å². The highest BCUT2D eigenvalue weighted by molar-refractivity contribution is 5.55. The van der Waals surface area contributed by atoms with Gasteiger partial charge in [0.25, 0.3) is 0 Å². The maximum Gasteiger partial charge on any atom is 0.0396 e. The Kier molecular flexibility index (Phi) is 4.15. The number of aryl methyl sites for hydroxylation is 1. The molecular weight excluding hydrogens is 184 g/mol. The number of anilines is 1.